The Labute approximate surface area is 90.1 Å². The van der Waals surface area contributed by atoms with Gasteiger partial charge in [-0.05, 0) is 30.2 Å². The number of Topliss-reactive ketones (excluding diaryl/α,β-unsaturated/α-hetero) is 1. The van der Waals surface area contributed by atoms with Gasteiger partial charge in [-0.1, -0.05) is 31.9 Å². The van der Waals surface area contributed by atoms with Crippen LogP contribution in [0.5, 0.6) is 0 Å². The van der Waals surface area contributed by atoms with Crippen LogP contribution >= 0.6 is 11.6 Å². The molecular weight excluding hydrogens is 196 g/mol. The fourth-order valence-corrected chi connectivity index (χ4v) is 1.34. The van der Waals surface area contributed by atoms with Crippen molar-refractivity contribution in [1.29, 1.82) is 0 Å². The van der Waals surface area contributed by atoms with E-state index < -0.39 is 0 Å². The number of rotatable bonds is 4. The Balaban J connectivity index is 2.65. The molecule has 0 aromatic heterocycles. The molecule has 0 heterocycles. The molecule has 0 spiro atoms. The number of carbonyl (C=O) groups excluding carboxylic acids is 1. The van der Waals surface area contributed by atoms with Crippen LogP contribution in [-0.2, 0) is 0 Å². The summed E-state index contributed by atoms with van der Waals surface area (Å²) in [6, 6.07) is 7.08. The van der Waals surface area contributed by atoms with Gasteiger partial charge in [0.1, 0.15) is 0 Å². The molecular formula is C12H15ClO. The predicted molar refractivity (Wildman–Crippen MR) is 59.9 cm³/mol. The van der Waals surface area contributed by atoms with E-state index in [9.17, 15) is 4.79 Å². The number of benzene rings is 1. The fourth-order valence-electron chi connectivity index (χ4n) is 1.21. The van der Waals surface area contributed by atoms with Gasteiger partial charge >= 0.3 is 0 Å². The fraction of sp³-hybridized carbons (Fsp3) is 0.417. The Bertz CT molecular complexity index is 303. The van der Waals surface area contributed by atoms with E-state index in [4.69, 9.17) is 11.6 Å². The van der Waals surface area contributed by atoms with Gasteiger partial charge in [-0.25, -0.2) is 0 Å². The summed E-state index contributed by atoms with van der Waals surface area (Å²) in [6.07, 6.45) is 1.66. The first-order valence-electron chi connectivity index (χ1n) is 4.92. The largest absolute Gasteiger partial charge is 0.294 e. The van der Waals surface area contributed by atoms with Crippen LogP contribution in [0.25, 0.3) is 0 Å². The summed E-state index contributed by atoms with van der Waals surface area (Å²) in [4.78, 5) is 11.7. The maximum absolute atomic E-state index is 11.7. The summed E-state index contributed by atoms with van der Waals surface area (Å²) in [7, 11) is 0. The van der Waals surface area contributed by atoms with Gasteiger partial charge in [-0.3, -0.25) is 4.79 Å². The van der Waals surface area contributed by atoms with Gasteiger partial charge in [-0.15, -0.1) is 0 Å². The molecule has 76 valence electrons. The Morgan fingerprint density at radius 1 is 1.36 bits per heavy atom. The molecule has 0 unspecified atom stereocenters. The summed E-state index contributed by atoms with van der Waals surface area (Å²) < 4.78 is 0. The van der Waals surface area contributed by atoms with E-state index in [0.29, 0.717) is 17.4 Å². The molecule has 0 amide bonds. The van der Waals surface area contributed by atoms with Gasteiger partial charge in [0.2, 0.25) is 0 Å². The first-order valence-corrected chi connectivity index (χ1v) is 5.30. The van der Waals surface area contributed by atoms with Crippen molar-refractivity contribution in [3.05, 3.63) is 34.9 Å². The van der Waals surface area contributed by atoms with Crippen molar-refractivity contribution in [2.75, 3.05) is 0 Å². The minimum absolute atomic E-state index is 0.205. The lowest BCUT2D eigenvalue weighted by Crippen LogP contribution is -2.04. The minimum atomic E-state index is 0.205. The molecule has 0 saturated heterocycles. The van der Waals surface area contributed by atoms with Crippen molar-refractivity contribution in [2.24, 2.45) is 5.92 Å². The van der Waals surface area contributed by atoms with E-state index >= 15 is 0 Å². The molecule has 1 nitrogen and oxygen atoms in total. The first kappa shape index (κ1) is 11.3. The summed E-state index contributed by atoms with van der Waals surface area (Å²) in [5, 5.41) is 0.671. The zero-order valence-electron chi connectivity index (χ0n) is 8.59. The normalized spacial score (nSPS) is 12.5. The van der Waals surface area contributed by atoms with Gasteiger partial charge < -0.3 is 0 Å². The Hall–Kier alpha value is -0.820. The highest BCUT2D eigenvalue weighted by molar-refractivity contribution is 6.30. The van der Waals surface area contributed by atoms with E-state index in [1.807, 2.05) is 0 Å². The van der Waals surface area contributed by atoms with Crippen LogP contribution in [0.2, 0.25) is 5.02 Å². The van der Waals surface area contributed by atoms with Crippen LogP contribution in [0.3, 0.4) is 0 Å². The molecule has 0 aliphatic heterocycles. The minimum Gasteiger partial charge on any atom is -0.294 e. The number of hydrogen-bond donors (Lipinski definition) is 0. The van der Waals surface area contributed by atoms with Gasteiger partial charge in [0.05, 0.1) is 0 Å². The van der Waals surface area contributed by atoms with Crippen LogP contribution in [0, 0.1) is 5.92 Å². The van der Waals surface area contributed by atoms with Crippen molar-refractivity contribution in [1.82, 2.24) is 0 Å². The van der Waals surface area contributed by atoms with Gasteiger partial charge in [0, 0.05) is 17.0 Å². The van der Waals surface area contributed by atoms with E-state index in [-0.39, 0.29) is 5.78 Å². The summed E-state index contributed by atoms with van der Waals surface area (Å²) >= 11 is 5.74. The van der Waals surface area contributed by atoms with Crippen molar-refractivity contribution >= 4 is 17.4 Å². The molecule has 1 aromatic carbocycles. The third-order valence-corrected chi connectivity index (χ3v) is 2.65. The lowest BCUT2D eigenvalue weighted by atomic mass is 9.98. The molecule has 1 atom stereocenters. The number of hydrogen-bond acceptors (Lipinski definition) is 1. The van der Waals surface area contributed by atoms with Gasteiger partial charge in [0.25, 0.3) is 0 Å². The molecule has 0 saturated carbocycles. The zero-order chi connectivity index (χ0) is 10.6. The lowest BCUT2D eigenvalue weighted by molar-refractivity contribution is 0.0963. The average Bonchev–Trinajstić information content (AvgIpc) is 2.18. The van der Waals surface area contributed by atoms with Gasteiger partial charge in [-0.2, -0.15) is 0 Å². The van der Waals surface area contributed by atoms with Crippen LogP contribution in [0.1, 0.15) is 37.0 Å². The second-order valence-corrected chi connectivity index (χ2v) is 4.08. The molecule has 0 fully saturated rings. The predicted octanol–water partition coefficient (Wildman–Crippen LogP) is 3.96. The van der Waals surface area contributed by atoms with Crippen molar-refractivity contribution in [2.45, 2.75) is 26.7 Å². The summed E-state index contributed by atoms with van der Waals surface area (Å²) in [6.45, 7) is 4.19. The van der Waals surface area contributed by atoms with E-state index in [2.05, 4.69) is 13.8 Å². The molecule has 0 aliphatic rings. The topological polar surface area (TPSA) is 17.1 Å². The monoisotopic (exact) mass is 210 g/mol. The number of ketones is 1. The highest BCUT2D eigenvalue weighted by Crippen LogP contribution is 2.15. The Morgan fingerprint density at radius 3 is 2.43 bits per heavy atom. The molecule has 0 radical (unpaired) electrons. The molecule has 1 aromatic rings. The van der Waals surface area contributed by atoms with E-state index in [0.717, 1.165) is 12.0 Å². The maximum atomic E-state index is 11.7. The quantitative estimate of drug-likeness (QED) is 0.688. The van der Waals surface area contributed by atoms with Crippen molar-refractivity contribution < 1.29 is 4.79 Å². The Morgan fingerprint density at radius 2 is 1.93 bits per heavy atom. The first-order chi connectivity index (χ1) is 6.63. The highest BCUT2D eigenvalue weighted by atomic mass is 35.5. The third-order valence-electron chi connectivity index (χ3n) is 2.40. The SMILES string of the molecule is CC[C@@H](C)CC(=O)c1ccc(Cl)cc1. The number of halogens is 1. The average molecular weight is 211 g/mol. The van der Waals surface area contributed by atoms with Gasteiger partial charge in [0.15, 0.2) is 5.78 Å². The molecule has 1 rings (SSSR count). The Kier molecular flexibility index (Phi) is 4.15. The molecule has 0 aliphatic carbocycles. The molecule has 14 heavy (non-hydrogen) atoms. The summed E-state index contributed by atoms with van der Waals surface area (Å²) in [5.41, 5.74) is 0.759. The highest BCUT2D eigenvalue weighted by Gasteiger charge is 2.09. The van der Waals surface area contributed by atoms with Crippen LogP contribution in [0.15, 0.2) is 24.3 Å². The van der Waals surface area contributed by atoms with Crippen LogP contribution in [-0.4, -0.2) is 5.78 Å². The second kappa shape index (κ2) is 5.16. The standard InChI is InChI=1S/C12H15ClO/c1-3-9(2)8-12(14)10-4-6-11(13)7-5-10/h4-7,9H,3,8H2,1-2H3/t9-/m1/s1. The molecule has 0 N–H and O–H groups in total. The molecule has 2 heteroatoms. The smallest absolute Gasteiger partial charge is 0.163 e. The second-order valence-electron chi connectivity index (χ2n) is 3.65. The lowest BCUT2D eigenvalue weighted by Gasteiger charge is -2.06. The number of carbonyl (C=O) groups is 1. The van der Waals surface area contributed by atoms with E-state index in [1.165, 1.54) is 0 Å². The maximum Gasteiger partial charge on any atom is 0.163 e. The van der Waals surface area contributed by atoms with Crippen molar-refractivity contribution in [3.8, 4) is 0 Å². The summed E-state index contributed by atoms with van der Waals surface area (Å²) in [5.74, 6) is 0.661. The molecule has 0 bridgehead atoms. The van der Waals surface area contributed by atoms with Crippen LogP contribution in [0.4, 0.5) is 0 Å². The zero-order valence-corrected chi connectivity index (χ0v) is 9.34. The third kappa shape index (κ3) is 3.15. The van der Waals surface area contributed by atoms with E-state index in [1.54, 1.807) is 24.3 Å². The van der Waals surface area contributed by atoms with Crippen molar-refractivity contribution in [3.63, 3.8) is 0 Å². The van der Waals surface area contributed by atoms with Crippen LogP contribution < -0.4 is 0 Å².